The van der Waals surface area contributed by atoms with Crippen molar-refractivity contribution in [3.63, 3.8) is 0 Å². The summed E-state index contributed by atoms with van der Waals surface area (Å²) in [6.45, 7) is 9.01. The number of likely N-dealkylation sites (tertiary alicyclic amines) is 1. The first-order valence-electron chi connectivity index (χ1n) is 8.91. The first-order valence-corrected chi connectivity index (χ1v) is 8.91. The van der Waals surface area contributed by atoms with E-state index in [0.717, 1.165) is 38.8 Å². The van der Waals surface area contributed by atoms with E-state index in [4.69, 9.17) is 4.74 Å². The Morgan fingerprint density at radius 1 is 1.36 bits per heavy atom. The van der Waals surface area contributed by atoms with E-state index < -0.39 is 0 Å². The van der Waals surface area contributed by atoms with Gasteiger partial charge < -0.3 is 4.74 Å². The van der Waals surface area contributed by atoms with E-state index in [2.05, 4.69) is 37.0 Å². The molecule has 0 amide bonds. The lowest BCUT2D eigenvalue weighted by Crippen LogP contribution is -2.45. The summed E-state index contributed by atoms with van der Waals surface area (Å²) in [6.07, 6.45) is 12.3. The predicted molar refractivity (Wildman–Crippen MR) is 90.6 cm³/mol. The highest BCUT2D eigenvalue weighted by Gasteiger charge is 2.31. The highest BCUT2D eigenvalue weighted by molar-refractivity contribution is 5.72. The molecule has 0 N–H and O–H groups in total. The molecular weight excluding hydrogens is 274 g/mol. The summed E-state index contributed by atoms with van der Waals surface area (Å²) in [7, 11) is 0. The van der Waals surface area contributed by atoms with Gasteiger partial charge >= 0.3 is 5.97 Å². The Labute approximate surface area is 135 Å². The molecule has 2 atom stereocenters. The van der Waals surface area contributed by atoms with Crippen molar-refractivity contribution in [3.8, 4) is 0 Å². The molecule has 124 valence electrons. The molecule has 1 heterocycles. The SMILES string of the molecule is CC/C=C1/C=CC[C@@H](N2CCC(C(=O)OCC)CC2)C(C)C1. The average molecular weight is 305 g/mol. The normalized spacial score (nSPS) is 29.5. The third kappa shape index (κ3) is 4.45. The number of allylic oxidation sites excluding steroid dienone is 3. The highest BCUT2D eigenvalue weighted by atomic mass is 16.5. The van der Waals surface area contributed by atoms with E-state index in [9.17, 15) is 4.79 Å². The van der Waals surface area contributed by atoms with Crippen LogP contribution in [0.2, 0.25) is 0 Å². The number of piperidine rings is 1. The number of carbonyl (C=O) groups excluding carboxylic acids is 1. The van der Waals surface area contributed by atoms with Crippen LogP contribution in [0.4, 0.5) is 0 Å². The van der Waals surface area contributed by atoms with Gasteiger partial charge in [-0.3, -0.25) is 9.69 Å². The molecule has 1 unspecified atom stereocenters. The smallest absolute Gasteiger partial charge is 0.309 e. The van der Waals surface area contributed by atoms with Crippen molar-refractivity contribution in [2.24, 2.45) is 11.8 Å². The van der Waals surface area contributed by atoms with E-state index in [1.54, 1.807) is 0 Å². The van der Waals surface area contributed by atoms with Crippen molar-refractivity contribution in [2.75, 3.05) is 19.7 Å². The molecule has 1 aliphatic heterocycles. The Morgan fingerprint density at radius 2 is 2.09 bits per heavy atom. The van der Waals surface area contributed by atoms with Crippen LogP contribution in [-0.4, -0.2) is 36.6 Å². The van der Waals surface area contributed by atoms with Crippen LogP contribution in [0, 0.1) is 11.8 Å². The van der Waals surface area contributed by atoms with Gasteiger partial charge in [0.05, 0.1) is 12.5 Å². The van der Waals surface area contributed by atoms with Crippen LogP contribution in [0.1, 0.15) is 52.9 Å². The van der Waals surface area contributed by atoms with Gasteiger partial charge in [-0.1, -0.05) is 37.6 Å². The maximum atomic E-state index is 11.9. The Bertz CT molecular complexity index is 419. The van der Waals surface area contributed by atoms with Gasteiger partial charge in [0.15, 0.2) is 0 Å². The molecule has 3 heteroatoms. The lowest BCUT2D eigenvalue weighted by molar-refractivity contribution is -0.149. The van der Waals surface area contributed by atoms with Crippen LogP contribution in [0.15, 0.2) is 23.8 Å². The van der Waals surface area contributed by atoms with Crippen LogP contribution < -0.4 is 0 Å². The number of ether oxygens (including phenoxy) is 1. The fraction of sp³-hybridized carbons (Fsp3) is 0.737. The number of esters is 1. The topological polar surface area (TPSA) is 29.5 Å². The van der Waals surface area contributed by atoms with Gasteiger partial charge in [-0.05, 0) is 58.0 Å². The zero-order valence-electron chi connectivity index (χ0n) is 14.4. The number of nitrogens with zero attached hydrogens (tertiary/aromatic N) is 1. The molecule has 0 spiro atoms. The fourth-order valence-electron chi connectivity index (χ4n) is 3.82. The van der Waals surface area contributed by atoms with Crippen molar-refractivity contribution in [3.05, 3.63) is 23.8 Å². The van der Waals surface area contributed by atoms with E-state index in [-0.39, 0.29) is 11.9 Å². The molecule has 0 aromatic heterocycles. The second kappa shape index (κ2) is 8.52. The molecule has 0 saturated carbocycles. The molecular formula is C19H31NO2. The van der Waals surface area contributed by atoms with Crippen LogP contribution in [-0.2, 0) is 9.53 Å². The van der Waals surface area contributed by atoms with Gasteiger partial charge in [0.25, 0.3) is 0 Å². The molecule has 0 radical (unpaired) electrons. The molecule has 0 aromatic carbocycles. The minimum absolute atomic E-state index is 0.00382. The van der Waals surface area contributed by atoms with E-state index in [1.165, 1.54) is 12.0 Å². The molecule has 0 bridgehead atoms. The van der Waals surface area contributed by atoms with Gasteiger partial charge in [0.1, 0.15) is 0 Å². The van der Waals surface area contributed by atoms with Crippen LogP contribution in [0.25, 0.3) is 0 Å². The maximum Gasteiger partial charge on any atom is 0.309 e. The fourth-order valence-corrected chi connectivity index (χ4v) is 3.82. The summed E-state index contributed by atoms with van der Waals surface area (Å²) in [5.74, 6) is 0.791. The molecule has 0 aromatic rings. The Balaban J connectivity index is 1.90. The third-order valence-corrected chi connectivity index (χ3v) is 5.01. The first kappa shape index (κ1) is 17.3. The summed E-state index contributed by atoms with van der Waals surface area (Å²) in [6, 6.07) is 0.613. The molecule has 2 aliphatic rings. The standard InChI is InChI=1S/C19H31NO2/c1-4-7-16-8-6-9-18(15(3)14-16)20-12-10-17(11-13-20)19(21)22-5-2/h6-8,15,17-18H,4-5,9-14H2,1-3H3/b16-7-/t15?,18-/m1/s1. The Kier molecular flexibility index (Phi) is 6.69. The highest BCUT2D eigenvalue weighted by Crippen LogP contribution is 2.30. The summed E-state index contributed by atoms with van der Waals surface area (Å²) in [5, 5.41) is 0. The van der Waals surface area contributed by atoms with Crippen LogP contribution in [0.3, 0.4) is 0 Å². The zero-order chi connectivity index (χ0) is 15.9. The van der Waals surface area contributed by atoms with E-state index in [1.807, 2.05) is 6.92 Å². The maximum absolute atomic E-state index is 11.9. The second-order valence-electron chi connectivity index (χ2n) is 6.64. The minimum Gasteiger partial charge on any atom is -0.466 e. The number of hydrogen-bond donors (Lipinski definition) is 0. The quantitative estimate of drug-likeness (QED) is 0.737. The van der Waals surface area contributed by atoms with Crippen molar-refractivity contribution in [1.29, 1.82) is 0 Å². The lowest BCUT2D eigenvalue weighted by Gasteiger charge is -2.39. The van der Waals surface area contributed by atoms with Gasteiger partial charge in [-0.25, -0.2) is 0 Å². The lowest BCUT2D eigenvalue weighted by atomic mass is 9.89. The van der Waals surface area contributed by atoms with Crippen LogP contribution >= 0.6 is 0 Å². The summed E-state index contributed by atoms with van der Waals surface area (Å²) >= 11 is 0. The third-order valence-electron chi connectivity index (χ3n) is 5.01. The molecule has 2 rings (SSSR count). The van der Waals surface area contributed by atoms with E-state index >= 15 is 0 Å². The summed E-state index contributed by atoms with van der Waals surface area (Å²) in [5.41, 5.74) is 1.49. The van der Waals surface area contributed by atoms with Crippen molar-refractivity contribution >= 4 is 5.97 Å². The number of rotatable bonds is 4. The summed E-state index contributed by atoms with van der Waals surface area (Å²) < 4.78 is 5.17. The monoisotopic (exact) mass is 305 g/mol. The molecule has 1 aliphatic carbocycles. The molecule has 1 fully saturated rings. The van der Waals surface area contributed by atoms with Gasteiger partial charge in [0.2, 0.25) is 0 Å². The van der Waals surface area contributed by atoms with Gasteiger partial charge in [-0.15, -0.1) is 0 Å². The Hall–Kier alpha value is -1.09. The van der Waals surface area contributed by atoms with Crippen molar-refractivity contribution < 1.29 is 9.53 Å². The first-order chi connectivity index (χ1) is 10.7. The van der Waals surface area contributed by atoms with Crippen LogP contribution in [0.5, 0.6) is 0 Å². The predicted octanol–water partition coefficient (Wildman–Crippen LogP) is 3.95. The number of carbonyl (C=O) groups is 1. The van der Waals surface area contributed by atoms with E-state index in [0.29, 0.717) is 18.6 Å². The molecule has 22 heavy (non-hydrogen) atoms. The molecule has 1 saturated heterocycles. The van der Waals surface area contributed by atoms with Gasteiger partial charge in [-0.2, -0.15) is 0 Å². The van der Waals surface area contributed by atoms with Crippen molar-refractivity contribution in [2.45, 2.75) is 58.9 Å². The largest absolute Gasteiger partial charge is 0.466 e. The van der Waals surface area contributed by atoms with Gasteiger partial charge in [0, 0.05) is 6.04 Å². The minimum atomic E-state index is 0.00382. The number of hydrogen-bond acceptors (Lipinski definition) is 3. The van der Waals surface area contributed by atoms with Crippen molar-refractivity contribution in [1.82, 2.24) is 4.90 Å². The zero-order valence-corrected chi connectivity index (χ0v) is 14.4. The second-order valence-corrected chi connectivity index (χ2v) is 6.64. The Morgan fingerprint density at radius 3 is 2.73 bits per heavy atom. The molecule has 3 nitrogen and oxygen atoms in total. The summed E-state index contributed by atoms with van der Waals surface area (Å²) in [4.78, 5) is 14.5. The average Bonchev–Trinajstić information content (AvgIpc) is 2.69.